The van der Waals surface area contributed by atoms with Gasteiger partial charge in [0.05, 0.1) is 24.3 Å². The molecule has 0 amide bonds. The van der Waals surface area contributed by atoms with Crippen LogP contribution in [-0.2, 0) is 13.1 Å². The fourth-order valence-corrected chi connectivity index (χ4v) is 3.75. The molecule has 0 atom stereocenters. The monoisotopic (exact) mass is 524 g/mol. The van der Waals surface area contributed by atoms with Crippen molar-refractivity contribution in [1.82, 2.24) is 20.6 Å². The Morgan fingerprint density at radius 2 is 1.90 bits per heavy atom. The van der Waals surface area contributed by atoms with Gasteiger partial charge in [0.15, 0.2) is 5.96 Å². The highest BCUT2D eigenvalue weighted by Crippen LogP contribution is 2.22. The number of guanidine groups is 1. The maximum absolute atomic E-state index is 4.80. The zero-order valence-corrected chi connectivity index (χ0v) is 20.8. The first-order valence-electron chi connectivity index (χ1n) is 9.49. The van der Waals surface area contributed by atoms with E-state index in [9.17, 15) is 0 Å². The van der Waals surface area contributed by atoms with Gasteiger partial charge >= 0.3 is 0 Å². The Kier molecular flexibility index (Phi) is 8.63. The Morgan fingerprint density at radius 3 is 2.55 bits per heavy atom. The SMILES string of the molecule is CCNC(=NCc1cc(N(C)C)nc2ccccc12)NCc1nc(C)c(C)s1.I. The van der Waals surface area contributed by atoms with Gasteiger partial charge in [-0.2, -0.15) is 0 Å². The molecule has 0 saturated carbocycles. The van der Waals surface area contributed by atoms with Crippen LogP contribution in [0.2, 0.25) is 0 Å². The van der Waals surface area contributed by atoms with E-state index >= 15 is 0 Å². The van der Waals surface area contributed by atoms with Crippen molar-refractivity contribution in [1.29, 1.82) is 0 Å². The number of para-hydroxylation sites is 1. The third-order valence-corrected chi connectivity index (χ3v) is 5.55. The predicted octanol–water partition coefficient (Wildman–Crippen LogP) is 4.25. The summed E-state index contributed by atoms with van der Waals surface area (Å²) in [7, 11) is 4.02. The molecule has 0 bridgehead atoms. The highest BCUT2D eigenvalue weighted by Gasteiger charge is 2.08. The number of nitrogens with zero attached hydrogens (tertiary/aromatic N) is 4. The van der Waals surface area contributed by atoms with Gasteiger partial charge in [-0.25, -0.2) is 15.0 Å². The summed E-state index contributed by atoms with van der Waals surface area (Å²) in [6, 6.07) is 10.3. The maximum atomic E-state index is 4.80. The van der Waals surface area contributed by atoms with E-state index in [1.165, 1.54) is 4.88 Å². The molecule has 0 unspecified atom stereocenters. The lowest BCUT2D eigenvalue weighted by molar-refractivity contribution is 0.810. The molecule has 6 nitrogen and oxygen atoms in total. The van der Waals surface area contributed by atoms with Gasteiger partial charge in [0.2, 0.25) is 0 Å². The van der Waals surface area contributed by atoms with Gasteiger partial charge < -0.3 is 15.5 Å². The number of aliphatic imine (C=N–C) groups is 1. The third-order valence-electron chi connectivity index (χ3n) is 4.48. The van der Waals surface area contributed by atoms with Crippen molar-refractivity contribution >= 4 is 58.0 Å². The number of halogens is 1. The predicted molar refractivity (Wildman–Crippen MR) is 135 cm³/mol. The van der Waals surface area contributed by atoms with Gasteiger partial charge in [0, 0.05) is 30.9 Å². The quantitative estimate of drug-likeness (QED) is 0.287. The summed E-state index contributed by atoms with van der Waals surface area (Å²) in [6.07, 6.45) is 0. The standard InChI is InChI=1S/C21H28N6S.HI/c1-6-22-21(24-13-20-25-14(2)15(3)28-20)23-12-16-11-19(27(4)5)26-18-10-8-7-9-17(16)18;/h7-11H,6,12-13H2,1-5H3,(H2,22,23,24);1H. The van der Waals surface area contributed by atoms with Gasteiger partial charge in [-0.3, -0.25) is 0 Å². The summed E-state index contributed by atoms with van der Waals surface area (Å²) in [5.74, 6) is 1.73. The topological polar surface area (TPSA) is 65.4 Å². The minimum Gasteiger partial charge on any atom is -0.363 e. The largest absolute Gasteiger partial charge is 0.363 e. The number of aryl methyl sites for hydroxylation is 2. The van der Waals surface area contributed by atoms with Crippen molar-refractivity contribution in [3.8, 4) is 0 Å². The van der Waals surface area contributed by atoms with E-state index in [4.69, 9.17) is 9.98 Å². The molecule has 0 saturated heterocycles. The van der Waals surface area contributed by atoms with Crippen molar-refractivity contribution < 1.29 is 0 Å². The van der Waals surface area contributed by atoms with Crippen LogP contribution in [0.25, 0.3) is 10.9 Å². The Hall–Kier alpha value is -1.94. The molecule has 2 aromatic heterocycles. The van der Waals surface area contributed by atoms with Crippen LogP contribution in [0.1, 0.15) is 28.1 Å². The molecule has 8 heteroatoms. The second kappa shape index (κ2) is 10.7. The van der Waals surface area contributed by atoms with Crippen molar-refractivity contribution in [2.24, 2.45) is 4.99 Å². The van der Waals surface area contributed by atoms with E-state index in [1.54, 1.807) is 11.3 Å². The second-order valence-electron chi connectivity index (χ2n) is 6.85. The Bertz CT molecular complexity index is 963. The second-order valence-corrected chi connectivity index (χ2v) is 8.14. The number of hydrogen-bond acceptors (Lipinski definition) is 5. The molecular formula is C21H29IN6S. The van der Waals surface area contributed by atoms with Crippen molar-refractivity contribution in [2.45, 2.75) is 33.9 Å². The summed E-state index contributed by atoms with van der Waals surface area (Å²) in [6.45, 7) is 8.28. The normalized spacial score (nSPS) is 11.3. The van der Waals surface area contributed by atoms with Crippen LogP contribution in [-0.4, -0.2) is 36.6 Å². The van der Waals surface area contributed by atoms with Crippen LogP contribution in [0.3, 0.4) is 0 Å². The number of anilines is 1. The van der Waals surface area contributed by atoms with Crippen molar-refractivity contribution in [3.63, 3.8) is 0 Å². The summed E-state index contributed by atoms with van der Waals surface area (Å²) >= 11 is 1.73. The van der Waals surface area contributed by atoms with Crippen LogP contribution in [0.5, 0.6) is 0 Å². The molecule has 1 aromatic carbocycles. The Morgan fingerprint density at radius 1 is 1.14 bits per heavy atom. The molecule has 3 rings (SSSR count). The molecule has 156 valence electrons. The Labute approximate surface area is 193 Å². The third kappa shape index (κ3) is 6.02. The van der Waals surface area contributed by atoms with E-state index in [0.29, 0.717) is 13.1 Å². The van der Waals surface area contributed by atoms with E-state index in [0.717, 1.165) is 45.5 Å². The zero-order valence-electron chi connectivity index (χ0n) is 17.6. The number of pyridine rings is 1. The molecule has 2 heterocycles. The first-order chi connectivity index (χ1) is 13.5. The zero-order chi connectivity index (χ0) is 20.1. The van der Waals surface area contributed by atoms with Gasteiger partial charge in [-0.05, 0) is 38.5 Å². The van der Waals surface area contributed by atoms with E-state index < -0.39 is 0 Å². The van der Waals surface area contributed by atoms with Crippen LogP contribution >= 0.6 is 35.3 Å². The fraction of sp³-hybridized carbons (Fsp3) is 0.381. The highest BCUT2D eigenvalue weighted by atomic mass is 127. The lowest BCUT2D eigenvalue weighted by Gasteiger charge is -2.15. The number of hydrogen-bond donors (Lipinski definition) is 2. The lowest BCUT2D eigenvalue weighted by Crippen LogP contribution is -2.36. The van der Waals surface area contributed by atoms with Crippen LogP contribution < -0.4 is 15.5 Å². The Balaban J connectivity index is 0.00000300. The number of nitrogens with one attached hydrogen (secondary N) is 2. The summed E-state index contributed by atoms with van der Waals surface area (Å²) in [4.78, 5) is 17.4. The number of fused-ring (bicyclic) bond motifs is 1. The van der Waals surface area contributed by atoms with Crippen LogP contribution in [0, 0.1) is 13.8 Å². The molecule has 0 aliphatic carbocycles. The summed E-state index contributed by atoms with van der Waals surface area (Å²) in [5.41, 5.74) is 3.25. The highest BCUT2D eigenvalue weighted by molar-refractivity contribution is 14.0. The number of thiazole rings is 1. The van der Waals surface area contributed by atoms with E-state index in [2.05, 4.69) is 41.6 Å². The molecule has 0 aliphatic heterocycles. The first kappa shape index (κ1) is 23.3. The molecule has 0 fully saturated rings. The molecule has 2 N–H and O–H groups in total. The molecule has 0 aliphatic rings. The van der Waals surface area contributed by atoms with Crippen LogP contribution in [0.15, 0.2) is 35.3 Å². The smallest absolute Gasteiger partial charge is 0.191 e. The first-order valence-corrected chi connectivity index (χ1v) is 10.3. The van der Waals surface area contributed by atoms with Gasteiger partial charge in [-0.15, -0.1) is 35.3 Å². The van der Waals surface area contributed by atoms with Crippen LogP contribution in [0.4, 0.5) is 5.82 Å². The average Bonchev–Trinajstić information content (AvgIpc) is 3.01. The lowest BCUT2D eigenvalue weighted by atomic mass is 10.1. The van der Waals surface area contributed by atoms with Crippen molar-refractivity contribution in [3.05, 3.63) is 51.5 Å². The van der Waals surface area contributed by atoms with Gasteiger partial charge in [0.25, 0.3) is 0 Å². The van der Waals surface area contributed by atoms with Gasteiger partial charge in [0.1, 0.15) is 10.8 Å². The molecule has 0 radical (unpaired) electrons. The summed E-state index contributed by atoms with van der Waals surface area (Å²) in [5, 5.41) is 8.93. The van der Waals surface area contributed by atoms with E-state index in [1.807, 2.05) is 44.1 Å². The minimum absolute atomic E-state index is 0. The molecular weight excluding hydrogens is 495 g/mol. The minimum atomic E-state index is 0. The fourth-order valence-electron chi connectivity index (χ4n) is 2.87. The molecule has 0 spiro atoms. The average molecular weight is 524 g/mol. The van der Waals surface area contributed by atoms with E-state index in [-0.39, 0.29) is 24.0 Å². The molecule has 29 heavy (non-hydrogen) atoms. The number of benzene rings is 1. The van der Waals surface area contributed by atoms with Crippen molar-refractivity contribution in [2.75, 3.05) is 25.5 Å². The molecule has 3 aromatic rings. The maximum Gasteiger partial charge on any atom is 0.191 e. The summed E-state index contributed by atoms with van der Waals surface area (Å²) < 4.78 is 0. The number of rotatable bonds is 6. The number of aromatic nitrogens is 2. The van der Waals surface area contributed by atoms with Gasteiger partial charge in [-0.1, -0.05) is 18.2 Å².